The van der Waals surface area contributed by atoms with Gasteiger partial charge < -0.3 is 14.0 Å². The highest BCUT2D eigenvalue weighted by atomic mass is 16.6. The van der Waals surface area contributed by atoms with E-state index < -0.39 is 35.3 Å². The van der Waals surface area contributed by atoms with Crippen molar-refractivity contribution in [2.45, 2.75) is 38.6 Å². The third-order valence-corrected chi connectivity index (χ3v) is 6.87. The lowest BCUT2D eigenvalue weighted by Crippen LogP contribution is -2.48. The van der Waals surface area contributed by atoms with Crippen molar-refractivity contribution in [3.05, 3.63) is 96.5 Å². The number of H-pyrrole nitrogens is 1. The van der Waals surface area contributed by atoms with Crippen molar-refractivity contribution in [3.8, 4) is 11.4 Å². The lowest BCUT2D eigenvalue weighted by molar-refractivity contribution is -0.190. The number of fused-ring (bicyclic) bond motifs is 5. The standard InChI is InChI=1S/C26H20N4O7/c1-2-26(37-21(32)12-29-8-7-20(31)28-25(29)35)17-10-19-22-15(9-14-5-3-4-6-18(14)27-22)11-30(19)23(33)16(17)13-36-24(26)34/h3-10H,2,11-13H2,1H3,(H,28,31,35)/t26-/m0/s1. The van der Waals surface area contributed by atoms with Gasteiger partial charge in [-0.2, -0.15) is 0 Å². The van der Waals surface area contributed by atoms with E-state index >= 15 is 0 Å². The lowest BCUT2D eigenvalue weighted by Gasteiger charge is -2.35. The van der Waals surface area contributed by atoms with Crippen LogP contribution in [0.1, 0.15) is 30.0 Å². The topological polar surface area (TPSA) is 142 Å². The van der Waals surface area contributed by atoms with Crippen LogP contribution in [0.2, 0.25) is 0 Å². The molecule has 186 valence electrons. The first-order valence-electron chi connectivity index (χ1n) is 11.7. The summed E-state index contributed by atoms with van der Waals surface area (Å²) in [5.41, 5.74) is -0.422. The zero-order valence-electron chi connectivity index (χ0n) is 19.6. The number of carbonyl (C=O) groups is 2. The van der Waals surface area contributed by atoms with Crippen LogP contribution in [0.5, 0.6) is 0 Å². The molecule has 0 saturated carbocycles. The normalized spacial score (nSPS) is 17.6. The summed E-state index contributed by atoms with van der Waals surface area (Å²) < 4.78 is 13.5. The Morgan fingerprint density at radius 2 is 1.97 bits per heavy atom. The van der Waals surface area contributed by atoms with E-state index in [1.165, 1.54) is 0 Å². The Kier molecular flexibility index (Phi) is 4.97. The number of hydrogen-bond donors (Lipinski definition) is 1. The molecule has 0 radical (unpaired) electrons. The number of cyclic esters (lactones) is 1. The highest BCUT2D eigenvalue weighted by Gasteiger charge is 2.50. The first-order chi connectivity index (χ1) is 17.8. The van der Waals surface area contributed by atoms with E-state index in [9.17, 15) is 24.0 Å². The van der Waals surface area contributed by atoms with Crippen molar-refractivity contribution in [2.24, 2.45) is 0 Å². The maximum absolute atomic E-state index is 13.6. The maximum Gasteiger partial charge on any atom is 0.355 e. The van der Waals surface area contributed by atoms with Gasteiger partial charge in [0.15, 0.2) is 0 Å². The van der Waals surface area contributed by atoms with E-state index in [1.807, 2.05) is 30.3 Å². The largest absolute Gasteiger partial charge is 0.457 e. The van der Waals surface area contributed by atoms with Crippen molar-refractivity contribution in [2.75, 3.05) is 0 Å². The van der Waals surface area contributed by atoms with Crippen molar-refractivity contribution in [3.63, 3.8) is 0 Å². The molecule has 2 aliphatic heterocycles. The molecule has 0 amide bonds. The summed E-state index contributed by atoms with van der Waals surface area (Å²) in [6, 6.07) is 12.4. The van der Waals surface area contributed by atoms with E-state index in [-0.39, 0.29) is 29.7 Å². The van der Waals surface area contributed by atoms with Gasteiger partial charge >= 0.3 is 17.6 Å². The average molecular weight is 500 g/mol. The number of pyridine rings is 2. The number of rotatable bonds is 4. The molecule has 0 bridgehead atoms. The Labute approximate surface area is 207 Å². The van der Waals surface area contributed by atoms with E-state index in [1.54, 1.807) is 17.6 Å². The Balaban J connectivity index is 1.46. The molecule has 4 aromatic rings. The van der Waals surface area contributed by atoms with Crippen LogP contribution < -0.4 is 16.8 Å². The number of ether oxygens (including phenoxy) is 2. The molecule has 6 rings (SSSR count). The summed E-state index contributed by atoms with van der Waals surface area (Å²) in [5.74, 6) is -1.72. The van der Waals surface area contributed by atoms with Crippen LogP contribution in [0.25, 0.3) is 22.3 Å². The Bertz CT molecular complexity index is 1820. The van der Waals surface area contributed by atoms with Gasteiger partial charge in [0.05, 0.1) is 29.0 Å². The zero-order chi connectivity index (χ0) is 25.9. The maximum atomic E-state index is 13.6. The Morgan fingerprint density at radius 1 is 1.16 bits per heavy atom. The highest BCUT2D eigenvalue weighted by molar-refractivity contribution is 5.88. The molecule has 37 heavy (non-hydrogen) atoms. The van der Waals surface area contributed by atoms with Gasteiger partial charge in [-0.25, -0.2) is 14.6 Å². The molecular weight excluding hydrogens is 480 g/mol. The fourth-order valence-corrected chi connectivity index (χ4v) is 5.02. The summed E-state index contributed by atoms with van der Waals surface area (Å²) in [4.78, 5) is 69.7. The molecule has 0 fully saturated rings. The first-order valence-corrected chi connectivity index (χ1v) is 11.7. The number of carbonyl (C=O) groups excluding carboxylic acids is 2. The number of esters is 2. The molecule has 0 aliphatic carbocycles. The predicted molar refractivity (Wildman–Crippen MR) is 130 cm³/mol. The molecule has 3 aromatic heterocycles. The second-order valence-electron chi connectivity index (χ2n) is 8.97. The summed E-state index contributed by atoms with van der Waals surface area (Å²) in [6.45, 7) is 1.15. The second kappa shape index (κ2) is 8.12. The fraction of sp³-hybridized carbons (Fsp3) is 0.231. The summed E-state index contributed by atoms with van der Waals surface area (Å²) in [5, 5.41) is 0.944. The quantitative estimate of drug-likeness (QED) is 0.363. The predicted octanol–water partition coefficient (Wildman–Crippen LogP) is 1.18. The van der Waals surface area contributed by atoms with E-state index in [0.29, 0.717) is 17.9 Å². The third-order valence-electron chi connectivity index (χ3n) is 6.87. The fourth-order valence-electron chi connectivity index (χ4n) is 5.02. The monoisotopic (exact) mass is 500 g/mol. The van der Waals surface area contributed by atoms with Crippen LogP contribution >= 0.6 is 0 Å². The second-order valence-corrected chi connectivity index (χ2v) is 8.97. The lowest BCUT2D eigenvalue weighted by atomic mass is 9.85. The van der Waals surface area contributed by atoms with Gasteiger partial charge in [-0.15, -0.1) is 0 Å². The van der Waals surface area contributed by atoms with Crippen LogP contribution in [0, 0.1) is 0 Å². The minimum atomic E-state index is -1.88. The number of aromatic nitrogens is 4. The summed E-state index contributed by atoms with van der Waals surface area (Å²) >= 11 is 0. The van der Waals surface area contributed by atoms with Gasteiger partial charge in [-0.3, -0.25) is 23.9 Å². The minimum Gasteiger partial charge on any atom is -0.457 e. The molecule has 1 N–H and O–H groups in total. The molecule has 1 aromatic carbocycles. The van der Waals surface area contributed by atoms with Crippen LogP contribution in [0.3, 0.4) is 0 Å². The van der Waals surface area contributed by atoms with Crippen LogP contribution in [-0.2, 0) is 44.4 Å². The van der Waals surface area contributed by atoms with Gasteiger partial charge in [0.2, 0.25) is 5.60 Å². The van der Waals surface area contributed by atoms with Crippen molar-refractivity contribution < 1.29 is 19.1 Å². The average Bonchev–Trinajstić information content (AvgIpc) is 3.24. The molecule has 11 heteroatoms. The smallest absolute Gasteiger partial charge is 0.355 e. The van der Waals surface area contributed by atoms with Crippen LogP contribution in [-0.4, -0.2) is 31.0 Å². The zero-order valence-corrected chi connectivity index (χ0v) is 19.6. The number of para-hydroxylation sites is 1. The Morgan fingerprint density at radius 3 is 2.76 bits per heavy atom. The van der Waals surface area contributed by atoms with Crippen LogP contribution in [0.15, 0.2) is 63.0 Å². The third kappa shape index (κ3) is 3.42. The SMILES string of the molecule is CC[C@@]1(OC(=O)Cn2ccc(=O)[nH]c2=O)C(=O)OCc2c1cc1n(c2=O)Cc2cc3ccccc3nc2-1. The number of benzene rings is 1. The van der Waals surface area contributed by atoms with E-state index in [2.05, 4.69) is 4.98 Å². The summed E-state index contributed by atoms with van der Waals surface area (Å²) in [7, 11) is 0. The molecule has 5 heterocycles. The Hall–Kier alpha value is -4.80. The number of hydrogen-bond acceptors (Lipinski definition) is 8. The van der Waals surface area contributed by atoms with Gasteiger partial charge in [0.1, 0.15) is 13.2 Å². The van der Waals surface area contributed by atoms with Crippen LogP contribution in [0.4, 0.5) is 0 Å². The van der Waals surface area contributed by atoms with Gasteiger partial charge in [-0.1, -0.05) is 25.1 Å². The minimum absolute atomic E-state index is 0.00794. The molecule has 0 spiro atoms. The number of nitrogens with one attached hydrogen (secondary N) is 1. The van der Waals surface area contributed by atoms with Crippen molar-refractivity contribution >= 4 is 22.8 Å². The highest BCUT2D eigenvalue weighted by Crippen LogP contribution is 2.41. The van der Waals surface area contributed by atoms with Gasteiger partial charge in [0, 0.05) is 28.8 Å². The van der Waals surface area contributed by atoms with Gasteiger partial charge in [0.25, 0.3) is 11.1 Å². The first kappa shape index (κ1) is 22.7. The molecule has 11 nitrogen and oxygen atoms in total. The number of aromatic amines is 1. The molecule has 0 unspecified atom stereocenters. The molecular formula is C26H20N4O7. The van der Waals surface area contributed by atoms with Crippen molar-refractivity contribution in [1.82, 2.24) is 19.1 Å². The van der Waals surface area contributed by atoms with E-state index in [4.69, 9.17) is 14.5 Å². The molecule has 1 atom stereocenters. The molecule has 0 saturated heterocycles. The van der Waals surface area contributed by atoms with Gasteiger partial charge in [-0.05, 0) is 24.6 Å². The number of nitrogens with zero attached hydrogens (tertiary/aromatic N) is 3. The van der Waals surface area contributed by atoms with Crippen molar-refractivity contribution in [1.29, 1.82) is 0 Å². The summed E-state index contributed by atoms with van der Waals surface area (Å²) in [6.07, 6.45) is 1.15. The van der Waals surface area contributed by atoms with E-state index in [0.717, 1.165) is 33.3 Å². The molecule has 2 aliphatic rings.